The Hall–Kier alpha value is -0.880. The zero-order valence-electron chi connectivity index (χ0n) is 9.31. The van der Waals surface area contributed by atoms with Gasteiger partial charge < -0.3 is 9.64 Å². The predicted molar refractivity (Wildman–Crippen MR) is 68.0 cm³/mol. The van der Waals surface area contributed by atoms with Crippen LogP contribution in [0.25, 0.3) is 0 Å². The van der Waals surface area contributed by atoms with E-state index in [0.717, 1.165) is 3.79 Å². The molecule has 1 aromatic heterocycles. The lowest BCUT2D eigenvalue weighted by molar-refractivity contribution is -0.144. The van der Waals surface area contributed by atoms with Crippen LogP contribution in [0.1, 0.15) is 16.1 Å². The number of esters is 1. The van der Waals surface area contributed by atoms with E-state index in [0.29, 0.717) is 24.4 Å². The van der Waals surface area contributed by atoms with Crippen molar-refractivity contribution in [1.29, 1.82) is 0 Å². The number of methoxy groups -OCH3 is 1. The monoisotopic (exact) mass is 317 g/mol. The van der Waals surface area contributed by atoms with Gasteiger partial charge in [0.1, 0.15) is 0 Å². The summed E-state index contributed by atoms with van der Waals surface area (Å²) in [6, 6.07) is 3.65. The maximum Gasteiger partial charge on any atom is 0.310 e. The number of carbonyl (C=O) groups is 2. The highest BCUT2D eigenvalue weighted by molar-refractivity contribution is 9.11. The first kappa shape index (κ1) is 12.6. The van der Waals surface area contributed by atoms with Crippen LogP contribution in [0.4, 0.5) is 0 Å². The molecule has 0 aromatic carbocycles. The van der Waals surface area contributed by atoms with E-state index >= 15 is 0 Å². The maximum atomic E-state index is 12.1. The Morgan fingerprint density at radius 1 is 1.53 bits per heavy atom. The number of hydrogen-bond acceptors (Lipinski definition) is 4. The van der Waals surface area contributed by atoms with Crippen LogP contribution in [-0.4, -0.2) is 37.0 Å². The number of ether oxygens (including phenoxy) is 1. The smallest absolute Gasteiger partial charge is 0.310 e. The molecule has 1 amide bonds. The molecule has 1 saturated heterocycles. The molecule has 4 nitrogen and oxygen atoms in total. The van der Waals surface area contributed by atoms with Crippen molar-refractivity contribution in [2.45, 2.75) is 6.42 Å². The molecule has 0 spiro atoms. The fraction of sp³-hybridized carbons (Fsp3) is 0.455. The summed E-state index contributed by atoms with van der Waals surface area (Å²) in [5, 5.41) is 0. The maximum absolute atomic E-state index is 12.1. The molecule has 2 heterocycles. The molecule has 0 radical (unpaired) electrons. The molecule has 1 fully saturated rings. The highest BCUT2D eigenvalue weighted by Crippen LogP contribution is 2.26. The highest BCUT2D eigenvalue weighted by atomic mass is 79.9. The molecule has 1 aromatic rings. The number of rotatable bonds is 2. The Balaban J connectivity index is 2.01. The lowest BCUT2D eigenvalue weighted by Crippen LogP contribution is -2.29. The van der Waals surface area contributed by atoms with E-state index in [-0.39, 0.29) is 17.8 Å². The molecule has 2 rings (SSSR count). The van der Waals surface area contributed by atoms with Gasteiger partial charge in [-0.25, -0.2) is 0 Å². The molecule has 1 aliphatic heterocycles. The fourth-order valence-corrected chi connectivity index (χ4v) is 3.24. The average molecular weight is 318 g/mol. The van der Waals surface area contributed by atoms with Crippen molar-refractivity contribution < 1.29 is 14.3 Å². The lowest BCUT2D eigenvalue weighted by Gasteiger charge is -2.14. The largest absolute Gasteiger partial charge is 0.469 e. The molecule has 0 aliphatic carbocycles. The molecule has 1 unspecified atom stereocenters. The third-order valence-corrected chi connectivity index (χ3v) is 4.41. The van der Waals surface area contributed by atoms with Gasteiger partial charge in [0.25, 0.3) is 5.91 Å². The van der Waals surface area contributed by atoms with Gasteiger partial charge in [0, 0.05) is 13.1 Å². The van der Waals surface area contributed by atoms with Crippen LogP contribution < -0.4 is 0 Å². The van der Waals surface area contributed by atoms with Crippen LogP contribution in [0, 0.1) is 5.92 Å². The topological polar surface area (TPSA) is 46.6 Å². The summed E-state index contributed by atoms with van der Waals surface area (Å²) in [5.74, 6) is -0.410. The fourth-order valence-electron chi connectivity index (χ4n) is 1.89. The minimum absolute atomic E-state index is 0.00731. The Labute approximate surface area is 112 Å². The molecule has 0 bridgehead atoms. The molecule has 92 valence electrons. The van der Waals surface area contributed by atoms with E-state index in [1.807, 2.05) is 6.07 Å². The highest BCUT2D eigenvalue weighted by Gasteiger charge is 2.32. The molecule has 0 N–H and O–H groups in total. The first-order valence-corrected chi connectivity index (χ1v) is 6.85. The number of hydrogen-bond donors (Lipinski definition) is 0. The Kier molecular flexibility index (Phi) is 3.83. The van der Waals surface area contributed by atoms with Crippen molar-refractivity contribution in [3.05, 3.63) is 20.8 Å². The molecule has 17 heavy (non-hydrogen) atoms. The molecule has 1 aliphatic rings. The second-order valence-corrected chi connectivity index (χ2v) is 6.33. The number of thiophene rings is 1. The SMILES string of the molecule is COC(=O)C1CCN(C(=O)c2ccc(Br)s2)C1. The van der Waals surface area contributed by atoms with Gasteiger partial charge in [-0.15, -0.1) is 11.3 Å². The Bertz CT molecular complexity index is 446. The summed E-state index contributed by atoms with van der Waals surface area (Å²) in [4.78, 5) is 25.8. The number of likely N-dealkylation sites (tertiary alicyclic amines) is 1. The summed E-state index contributed by atoms with van der Waals surface area (Å²) in [7, 11) is 1.38. The van der Waals surface area contributed by atoms with E-state index in [9.17, 15) is 9.59 Å². The predicted octanol–water partition coefficient (Wildman–Crippen LogP) is 2.15. The van der Waals surface area contributed by atoms with Crippen molar-refractivity contribution in [3.8, 4) is 0 Å². The van der Waals surface area contributed by atoms with Crippen LogP contribution in [0.3, 0.4) is 0 Å². The van der Waals surface area contributed by atoms with Gasteiger partial charge in [-0.1, -0.05) is 0 Å². The number of carbonyl (C=O) groups excluding carboxylic acids is 2. The third-order valence-electron chi connectivity index (χ3n) is 2.79. The molecule has 0 saturated carbocycles. The van der Waals surface area contributed by atoms with Crippen molar-refractivity contribution in [2.75, 3.05) is 20.2 Å². The van der Waals surface area contributed by atoms with Crippen LogP contribution in [0.5, 0.6) is 0 Å². The lowest BCUT2D eigenvalue weighted by atomic mass is 10.1. The first-order valence-electron chi connectivity index (χ1n) is 5.24. The minimum Gasteiger partial charge on any atom is -0.469 e. The summed E-state index contributed by atoms with van der Waals surface area (Å²) < 4.78 is 5.63. The van der Waals surface area contributed by atoms with E-state index < -0.39 is 0 Å². The van der Waals surface area contributed by atoms with Gasteiger partial charge in [-0.3, -0.25) is 9.59 Å². The second-order valence-electron chi connectivity index (χ2n) is 3.86. The second kappa shape index (κ2) is 5.18. The van der Waals surface area contributed by atoms with Crippen LogP contribution >= 0.6 is 27.3 Å². The first-order chi connectivity index (χ1) is 8.11. The quantitative estimate of drug-likeness (QED) is 0.785. The van der Waals surface area contributed by atoms with Crippen molar-refractivity contribution in [2.24, 2.45) is 5.92 Å². The van der Waals surface area contributed by atoms with Gasteiger partial charge in [0.2, 0.25) is 0 Å². The van der Waals surface area contributed by atoms with Crippen molar-refractivity contribution >= 4 is 39.1 Å². The van der Waals surface area contributed by atoms with E-state index in [2.05, 4.69) is 15.9 Å². The van der Waals surface area contributed by atoms with Gasteiger partial charge in [0.05, 0.1) is 21.7 Å². The zero-order chi connectivity index (χ0) is 12.4. The molecule has 6 heteroatoms. The van der Waals surface area contributed by atoms with E-state index in [1.54, 1.807) is 11.0 Å². The van der Waals surface area contributed by atoms with Crippen molar-refractivity contribution in [3.63, 3.8) is 0 Å². The molecular weight excluding hydrogens is 306 g/mol. The average Bonchev–Trinajstić information content (AvgIpc) is 2.95. The van der Waals surface area contributed by atoms with Crippen molar-refractivity contribution in [1.82, 2.24) is 4.90 Å². The van der Waals surface area contributed by atoms with E-state index in [1.165, 1.54) is 18.4 Å². The summed E-state index contributed by atoms with van der Waals surface area (Å²) in [6.45, 7) is 1.08. The van der Waals surface area contributed by atoms with Gasteiger partial charge in [0.15, 0.2) is 0 Å². The standard InChI is InChI=1S/C11H12BrNO3S/c1-16-11(15)7-4-5-13(6-7)10(14)8-2-3-9(12)17-8/h2-3,7H,4-6H2,1H3. The van der Waals surface area contributed by atoms with Crippen LogP contribution in [-0.2, 0) is 9.53 Å². The normalized spacial score (nSPS) is 19.4. The van der Waals surface area contributed by atoms with Gasteiger partial charge in [-0.2, -0.15) is 0 Å². The summed E-state index contributed by atoms with van der Waals surface area (Å²) in [6.07, 6.45) is 0.685. The number of nitrogens with zero attached hydrogens (tertiary/aromatic N) is 1. The third kappa shape index (κ3) is 2.69. The Morgan fingerprint density at radius 3 is 2.88 bits per heavy atom. The Morgan fingerprint density at radius 2 is 2.29 bits per heavy atom. The van der Waals surface area contributed by atoms with Gasteiger partial charge in [-0.05, 0) is 34.5 Å². The van der Waals surface area contributed by atoms with Crippen LogP contribution in [0.15, 0.2) is 15.9 Å². The van der Waals surface area contributed by atoms with Gasteiger partial charge >= 0.3 is 5.97 Å². The molecule has 1 atom stereocenters. The summed E-state index contributed by atoms with van der Waals surface area (Å²) in [5.41, 5.74) is 0. The number of halogens is 1. The molecular formula is C11H12BrNO3S. The van der Waals surface area contributed by atoms with E-state index in [4.69, 9.17) is 4.74 Å². The van der Waals surface area contributed by atoms with Crippen LogP contribution in [0.2, 0.25) is 0 Å². The zero-order valence-corrected chi connectivity index (χ0v) is 11.7. The summed E-state index contributed by atoms with van der Waals surface area (Å²) >= 11 is 4.74. The minimum atomic E-state index is -0.229. The number of amides is 1.